The average molecular weight is 266 g/mol. The predicted molar refractivity (Wildman–Crippen MR) is 77.9 cm³/mol. The second-order valence-electron chi connectivity index (χ2n) is 4.44. The molecule has 3 heteroatoms. The molecule has 1 N–H and O–H groups in total. The summed E-state index contributed by atoms with van der Waals surface area (Å²) in [6.45, 7) is 1.89. The maximum atomic E-state index is 12.0. The number of rotatable bonds is 4. The lowest BCUT2D eigenvalue weighted by Crippen LogP contribution is -1.97. The minimum absolute atomic E-state index is 0.0644. The van der Waals surface area contributed by atoms with Gasteiger partial charge in [-0.2, -0.15) is 0 Å². The van der Waals surface area contributed by atoms with Gasteiger partial charge >= 0.3 is 5.97 Å². The Kier molecular flexibility index (Phi) is 4.11. The first-order valence-electron chi connectivity index (χ1n) is 6.19. The molecule has 2 aromatic carbocycles. The van der Waals surface area contributed by atoms with Gasteiger partial charge in [0.05, 0.1) is 5.56 Å². The Morgan fingerprint density at radius 1 is 1.00 bits per heavy atom. The molecule has 2 rings (SSSR count). The van der Waals surface area contributed by atoms with Crippen LogP contribution in [-0.2, 0) is 0 Å². The van der Waals surface area contributed by atoms with Crippen molar-refractivity contribution in [2.45, 2.75) is 6.92 Å². The van der Waals surface area contributed by atoms with Gasteiger partial charge < -0.3 is 5.11 Å². The number of allylic oxidation sites excluding steroid dienone is 1. The Morgan fingerprint density at radius 2 is 1.65 bits per heavy atom. The highest BCUT2D eigenvalue weighted by molar-refractivity contribution is 6.07. The Hall–Kier alpha value is -2.68. The summed E-state index contributed by atoms with van der Waals surface area (Å²) >= 11 is 0. The van der Waals surface area contributed by atoms with Crippen molar-refractivity contribution in [1.82, 2.24) is 0 Å². The molecular weight excluding hydrogens is 252 g/mol. The summed E-state index contributed by atoms with van der Waals surface area (Å²) in [7, 11) is 0. The van der Waals surface area contributed by atoms with Gasteiger partial charge in [0, 0.05) is 5.56 Å². The highest BCUT2D eigenvalue weighted by Gasteiger charge is 2.04. The van der Waals surface area contributed by atoms with E-state index < -0.39 is 5.97 Å². The van der Waals surface area contributed by atoms with E-state index in [0.29, 0.717) is 5.56 Å². The van der Waals surface area contributed by atoms with E-state index in [1.807, 2.05) is 25.1 Å². The third kappa shape index (κ3) is 3.20. The molecule has 0 unspecified atom stereocenters. The zero-order valence-electron chi connectivity index (χ0n) is 11.0. The lowest BCUT2D eigenvalue weighted by molar-refractivity contribution is 0.0696. The van der Waals surface area contributed by atoms with Crippen LogP contribution in [0.25, 0.3) is 6.08 Å². The van der Waals surface area contributed by atoms with Crippen LogP contribution in [0.1, 0.15) is 31.8 Å². The topological polar surface area (TPSA) is 54.4 Å². The minimum Gasteiger partial charge on any atom is -0.478 e. The van der Waals surface area contributed by atoms with E-state index in [-0.39, 0.29) is 11.3 Å². The third-order valence-electron chi connectivity index (χ3n) is 3.00. The first-order chi connectivity index (χ1) is 9.58. The maximum Gasteiger partial charge on any atom is 0.335 e. The largest absolute Gasteiger partial charge is 0.478 e. The van der Waals surface area contributed by atoms with Crippen molar-refractivity contribution in [3.8, 4) is 0 Å². The number of carbonyl (C=O) groups is 2. The summed E-state index contributed by atoms with van der Waals surface area (Å²) in [5.74, 6) is -1.03. The molecule has 0 spiro atoms. The molecule has 100 valence electrons. The van der Waals surface area contributed by atoms with Crippen LogP contribution >= 0.6 is 0 Å². The maximum absolute atomic E-state index is 12.0. The molecule has 0 saturated heterocycles. The van der Waals surface area contributed by atoms with E-state index in [4.69, 9.17) is 5.11 Å². The standard InChI is InChI=1S/C17H14O3/c1-12-4-2-3-5-15(12)16(18)11-8-13-6-9-14(10-7-13)17(19)20/h2-11H,1H3,(H,19,20)/b11-8+. The smallest absolute Gasteiger partial charge is 0.335 e. The number of benzene rings is 2. The molecule has 0 bridgehead atoms. The fraction of sp³-hybridized carbons (Fsp3) is 0.0588. The van der Waals surface area contributed by atoms with Crippen LogP contribution in [0.3, 0.4) is 0 Å². The van der Waals surface area contributed by atoms with Gasteiger partial charge in [-0.05, 0) is 36.3 Å². The molecule has 0 aromatic heterocycles. The lowest BCUT2D eigenvalue weighted by Gasteiger charge is -2.00. The van der Waals surface area contributed by atoms with Crippen molar-refractivity contribution in [2.24, 2.45) is 0 Å². The summed E-state index contributed by atoms with van der Waals surface area (Å²) in [4.78, 5) is 22.8. The van der Waals surface area contributed by atoms with Gasteiger partial charge in [-0.1, -0.05) is 42.5 Å². The number of carbonyl (C=O) groups excluding carboxylic acids is 1. The van der Waals surface area contributed by atoms with Gasteiger partial charge in [0.15, 0.2) is 5.78 Å². The molecule has 0 fully saturated rings. The summed E-state index contributed by atoms with van der Waals surface area (Å²) < 4.78 is 0. The minimum atomic E-state index is -0.962. The summed E-state index contributed by atoms with van der Waals surface area (Å²) in [6.07, 6.45) is 3.18. The Bertz CT molecular complexity index is 667. The van der Waals surface area contributed by atoms with Gasteiger partial charge in [-0.15, -0.1) is 0 Å². The molecular formula is C17H14O3. The second-order valence-corrected chi connectivity index (χ2v) is 4.44. The number of hydrogen-bond acceptors (Lipinski definition) is 2. The van der Waals surface area contributed by atoms with Gasteiger partial charge in [0.25, 0.3) is 0 Å². The normalized spacial score (nSPS) is 10.7. The van der Waals surface area contributed by atoms with Crippen LogP contribution in [0.5, 0.6) is 0 Å². The van der Waals surface area contributed by atoms with E-state index in [1.54, 1.807) is 24.3 Å². The van der Waals surface area contributed by atoms with Crippen LogP contribution < -0.4 is 0 Å². The van der Waals surface area contributed by atoms with Crippen molar-refractivity contribution in [1.29, 1.82) is 0 Å². The van der Waals surface area contributed by atoms with Gasteiger partial charge in [0.2, 0.25) is 0 Å². The number of aromatic carboxylic acids is 1. The molecule has 0 aliphatic heterocycles. The Labute approximate surface area is 117 Å². The zero-order valence-corrected chi connectivity index (χ0v) is 11.0. The molecule has 3 nitrogen and oxygen atoms in total. The number of carboxylic acids is 1. The molecule has 0 aliphatic rings. The summed E-state index contributed by atoms with van der Waals surface area (Å²) in [6, 6.07) is 13.8. The number of aryl methyl sites for hydroxylation is 1. The first kappa shape index (κ1) is 13.7. The van der Waals surface area contributed by atoms with Crippen LogP contribution in [0.2, 0.25) is 0 Å². The molecule has 0 saturated carbocycles. The third-order valence-corrected chi connectivity index (χ3v) is 3.00. The van der Waals surface area contributed by atoms with Crippen molar-refractivity contribution >= 4 is 17.8 Å². The fourth-order valence-corrected chi connectivity index (χ4v) is 1.85. The molecule has 0 heterocycles. The Morgan fingerprint density at radius 3 is 2.25 bits per heavy atom. The first-order valence-corrected chi connectivity index (χ1v) is 6.19. The molecule has 0 amide bonds. The van der Waals surface area contributed by atoms with Crippen LogP contribution in [-0.4, -0.2) is 16.9 Å². The molecule has 0 radical (unpaired) electrons. The summed E-state index contributed by atoms with van der Waals surface area (Å²) in [5, 5.41) is 8.80. The van der Waals surface area contributed by atoms with Crippen molar-refractivity contribution in [3.05, 3.63) is 76.9 Å². The van der Waals surface area contributed by atoms with Crippen LogP contribution in [0.4, 0.5) is 0 Å². The highest BCUT2D eigenvalue weighted by atomic mass is 16.4. The summed E-state index contributed by atoms with van der Waals surface area (Å²) in [5.41, 5.74) is 2.62. The zero-order chi connectivity index (χ0) is 14.5. The quantitative estimate of drug-likeness (QED) is 0.679. The predicted octanol–water partition coefficient (Wildman–Crippen LogP) is 3.59. The highest BCUT2D eigenvalue weighted by Crippen LogP contribution is 2.11. The second kappa shape index (κ2) is 5.97. The van der Waals surface area contributed by atoms with E-state index >= 15 is 0 Å². The van der Waals surface area contributed by atoms with E-state index in [0.717, 1.165) is 11.1 Å². The molecule has 20 heavy (non-hydrogen) atoms. The molecule has 2 aromatic rings. The van der Waals surface area contributed by atoms with Crippen molar-refractivity contribution in [2.75, 3.05) is 0 Å². The van der Waals surface area contributed by atoms with Gasteiger partial charge in [-0.25, -0.2) is 4.79 Å². The molecule has 0 aliphatic carbocycles. The monoisotopic (exact) mass is 266 g/mol. The van der Waals surface area contributed by atoms with Crippen molar-refractivity contribution in [3.63, 3.8) is 0 Å². The average Bonchev–Trinajstić information content (AvgIpc) is 2.45. The fourth-order valence-electron chi connectivity index (χ4n) is 1.85. The lowest BCUT2D eigenvalue weighted by atomic mass is 10.0. The van der Waals surface area contributed by atoms with Crippen LogP contribution in [0.15, 0.2) is 54.6 Å². The Balaban J connectivity index is 2.15. The number of hydrogen-bond donors (Lipinski definition) is 1. The van der Waals surface area contributed by atoms with E-state index in [9.17, 15) is 9.59 Å². The van der Waals surface area contributed by atoms with Crippen LogP contribution in [0, 0.1) is 6.92 Å². The van der Waals surface area contributed by atoms with Crippen molar-refractivity contribution < 1.29 is 14.7 Å². The molecule has 0 atom stereocenters. The van der Waals surface area contributed by atoms with E-state index in [2.05, 4.69) is 0 Å². The number of ketones is 1. The number of carboxylic acid groups (broad SMARTS) is 1. The van der Waals surface area contributed by atoms with Gasteiger partial charge in [-0.3, -0.25) is 4.79 Å². The van der Waals surface area contributed by atoms with E-state index in [1.165, 1.54) is 18.2 Å². The van der Waals surface area contributed by atoms with Gasteiger partial charge in [0.1, 0.15) is 0 Å². The SMILES string of the molecule is Cc1ccccc1C(=O)/C=C/c1ccc(C(=O)O)cc1.